The maximum atomic E-state index is 13.2. The second-order valence-electron chi connectivity index (χ2n) is 6.47. The van der Waals surface area contributed by atoms with Crippen molar-refractivity contribution in [3.8, 4) is 0 Å². The van der Waals surface area contributed by atoms with Gasteiger partial charge in [0, 0.05) is 11.1 Å². The number of carbonyl (C=O) groups excluding carboxylic acids is 3. The van der Waals surface area contributed by atoms with E-state index in [2.05, 4.69) is 20.5 Å². The number of para-hydroxylation sites is 1. The quantitative estimate of drug-likeness (QED) is 0.723. The van der Waals surface area contributed by atoms with E-state index in [1.165, 1.54) is 11.2 Å². The van der Waals surface area contributed by atoms with Gasteiger partial charge in [-0.25, -0.2) is 5.10 Å². The molecule has 0 bridgehead atoms. The summed E-state index contributed by atoms with van der Waals surface area (Å²) in [6, 6.07) is 14.1. The smallest absolute Gasteiger partial charge is 0.260 e. The van der Waals surface area contributed by atoms with Gasteiger partial charge in [-0.15, -0.1) is 0 Å². The number of anilines is 2. The molecule has 0 fully saturated rings. The monoisotopic (exact) mass is 374 g/mol. The third kappa shape index (κ3) is 2.29. The fourth-order valence-corrected chi connectivity index (χ4v) is 3.73. The van der Waals surface area contributed by atoms with Gasteiger partial charge in [0.15, 0.2) is 0 Å². The second kappa shape index (κ2) is 6.02. The number of fused-ring (bicyclic) bond motifs is 5. The topological polar surface area (TPSA) is 111 Å². The van der Waals surface area contributed by atoms with Gasteiger partial charge in [0.25, 0.3) is 11.8 Å². The second-order valence-corrected chi connectivity index (χ2v) is 6.47. The molecule has 2 N–H and O–H groups in total. The molecule has 3 heterocycles. The highest BCUT2D eigenvalue weighted by Crippen LogP contribution is 2.44. The van der Waals surface area contributed by atoms with Crippen LogP contribution in [0.3, 0.4) is 0 Å². The van der Waals surface area contributed by atoms with Crippen LogP contribution in [0.15, 0.2) is 54.9 Å². The van der Waals surface area contributed by atoms with Crippen LogP contribution < -0.4 is 10.2 Å². The summed E-state index contributed by atoms with van der Waals surface area (Å²) in [6.45, 7) is -0.239. The molecular weight excluding hydrogens is 360 g/mol. The molecule has 0 saturated heterocycles. The van der Waals surface area contributed by atoms with Crippen LogP contribution in [0, 0.1) is 0 Å². The van der Waals surface area contributed by atoms with Gasteiger partial charge in [-0.2, -0.15) is 10.1 Å². The highest BCUT2D eigenvalue weighted by atomic mass is 16.2. The molecular formula is C19H14N6O3. The minimum Gasteiger partial charge on any atom is -0.304 e. The van der Waals surface area contributed by atoms with Crippen molar-refractivity contribution in [2.24, 2.45) is 0 Å². The number of carbonyl (C=O) groups is 3. The Hall–Kier alpha value is -4.01. The molecule has 9 nitrogen and oxygen atoms in total. The molecule has 2 aliphatic rings. The minimum absolute atomic E-state index is 0.189. The number of hydrogen-bond acceptors (Lipinski definition) is 5. The lowest BCUT2D eigenvalue weighted by atomic mass is 10.0. The van der Waals surface area contributed by atoms with Gasteiger partial charge in [-0.1, -0.05) is 30.3 Å². The minimum atomic E-state index is -0.674. The van der Waals surface area contributed by atoms with E-state index in [0.29, 0.717) is 22.4 Å². The molecule has 9 heteroatoms. The van der Waals surface area contributed by atoms with E-state index < -0.39 is 12.1 Å². The summed E-state index contributed by atoms with van der Waals surface area (Å²) in [6.07, 6.45) is 0.595. The first kappa shape index (κ1) is 16.2. The maximum Gasteiger partial charge on any atom is 0.260 e. The number of aromatic amines is 1. The Morgan fingerprint density at radius 1 is 1.04 bits per heavy atom. The number of nitrogens with zero attached hydrogens (tertiary/aromatic N) is 4. The summed E-state index contributed by atoms with van der Waals surface area (Å²) in [5, 5.41) is 8.78. The van der Waals surface area contributed by atoms with Crippen molar-refractivity contribution in [1.82, 2.24) is 20.1 Å². The molecule has 5 rings (SSSR count). The number of amides is 3. The Balaban J connectivity index is 1.57. The average molecular weight is 374 g/mol. The van der Waals surface area contributed by atoms with Crippen molar-refractivity contribution in [2.45, 2.75) is 6.17 Å². The fourth-order valence-electron chi connectivity index (χ4n) is 3.73. The molecule has 2 aromatic carbocycles. The Labute approximate surface area is 159 Å². The number of hydrogen-bond donors (Lipinski definition) is 2. The van der Waals surface area contributed by atoms with Gasteiger partial charge in [0.1, 0.15) is 19.0 Å². The molecule has 28 heavy (non-hydrogen) atoms. The van der Waals surface area contributed by atoms with Crippen LogP contribution in [0.5, 0.6) is 0 Å². The predicted octanol–water partition coefficient (Wildman–Crippen LogP) is 1.56. The lowest BCUT2D eigenvalue weighted by molar-refractivity contribution is -0.117. The number of aromatic nitrogens is 3. The van der Waals surface area contributed by atoms with Crippen molar-refractivity contribution in [2.75, 3.05) is 16.8 Å². The largest absolute Gasteiger partial charge is 0.304 e. The average Bonchev–Trinajstić information content (AvgIpc) is 3.32. The van der Waals surface area contributed by atoms with Gasteiger partial charge >= 0.3 is 0 Å². The molecule has 1 atom stereocenters. The molecule has 0 saturated carbocycles. The maximum absolute atomic E-state index is 13.2. The summed E-state index contributed by atoms with van der Waals surface area (Å²) < 4.78 is 0. The van der Waals surface area contributed by atoms with Crippen molar-refractivity contribution in [1.29, 1.82) is 0 Å². The van der Waals surface area contributed by atoms with Gasteiger partial charge in [-0.05, 0) is 18.2 Å². The Morgan fingerprint density at radius 2 is 1.79 bits per heavy atom. The van der Waals surface area contributed by atoms with Crippen LogP contribution in [-0.4, -0.2) is 44.3 Å². The molecule has 1 aromatic heterocycles. The number of benzene rings is 2. The van der Waals surface area contributed by atoms with Gasteiger partial charge in [-0.3, -0.25) is 24.6 Å². The molecule has 2 aliphatic heterocycles. The predicted molar refractivity (Wildman–Crippen MR) is 98.5 cm³/mol. The van der Waals surface area contributed by atoms with Gasteiger partial charge in [0.2, 0.25) is 11.9 Å². The van der Waals surface area contributed by atoms with E-state index in [9.17, 15) is 14.4 Å². The summed E-state index contributed by atoms with van der Waals surface area (Å²) in [5.74, 6) is -0.758. The normalized spacial score (nSPS) is 17.2. The molecule has 3 amide bonds. The van der Waals surface area contributed by atoms with Crippen molar-refractivity contribution in [3.63, 3.8) is 0 Å². The van der Waals surface area contributed by atoms with E-state index in [0.717, 1.165) is 0 Å². The Bertz CT molecular complexity index is 1110. The Morgan fingerprint density at radius 3 is 2.57 bits per heavy atom. The fraction of sp³-hybridized carbons (Fsp3) is 0.105. The SMILES string of the molecule is O=C(CN1C(=O)c2ccccc2N2C(=O)c3ccccc3[C@H]12)Nc1ncn[nH]1. The highest BCUT2D eigenvalue weighted by Gasteiger charge is 2.48. The van der Waals surface area contributed by atoms with Crippen LogP contribution in [0.2, 0.25) is 0 Å². The van der Waals surface area contributed by atoms with Crippen molar-refractivity contribution >= 4 is 29.4 Å². The van der Waals surface area contributed by atoms with E-state index in [1.807, 2.05) is 6.07 Å². The van der Waals surface area contributed by atoms with E-state index in [4.69, 9.17) is 0 Å². The molecule has 138 valence electrons. The van der Waals surface area contributed by atoms with Crippen LogP contribution in [0.1, 0.15) is 32.4 Å². The van der Waals surface area contributed by atoms with Gasteiger partial charge < -0.3 is 4.90 Å². The standard InChI is InChI=1S/C19H14N6O3/c26-15(22-19-20-10-21-23-19)9-24-16-11-5-1-2-6-12(11)18(28)25(16)14-8-4-3-7-13(14)17(24)27/h1-8,10,16H,9H2,(H2,20,21,22,23,26)/t16-/m1/s1. The first-order valence-electron chi connectivity index (χ1n) is 8.63. The zero-order valence-electron chi connectivity index (χ0n) is 14.5. The summed E-state index contributed by atoms with van der Waals surface area (Å²) in [4.78, 5) is 45.6. The lowest BCUT2D eigenvalue weighted by Crippen LogP contribution is -2.50. The van der Waals surface area contributed by atoms with E-state index in [1.54, 1.807) is 47.4 Å². The third-order valence-corrected chi connectivity index (χ3v) is 4.87. The summed E-state index contributed by atoms with van der Waals surface area (Å²) >= 11 is 0. The highest BCUT2D eigenvalue weighted by molar-refractivity contribution is 6.17. The summed E-state index contributed by atoms with van der Waals surface area (Å²) in [7, 11) is 0. The summed E-state index contributed by atoms with van der Waals surface area (Å²) in [5.41, 5.74) is 2.15. The lowest BCUT2D eigenvalue weighted by Gasteiger charge is -2.40. The van der Waals surface area contributed by atoms with E-state index in [-0.39, 0.29) is 24.3 Å². The first-order chi connectivity index (χ1) is 13.6. The number of H-pyrrole nitrogens is 1. The number of nitrogens with one attached hydrogen (secondary N) is 2. The van der Waals surface area contributed by atoms with Crippen LogP contribution in [0.4, 0.5) is 11.6 Å². The zero-order chi connectivity index (χ0) is 19.3. The van der Waals surface area contributed by atoms with Crippen LogP contribution in [-0.2, 0) is 4.79 Å². The van der Waals surface area contributed by atoms with Crippen molar-refractivity contribution in [3.05, 3.63) is 71.5 Å². The van der Waals surface area contributed by atoms with E-state index >= 15 is 0 Å². The first-order valence-corrected chi connectivity index (χ1v) is 8.63. The Kier molecular flexibility index (Phi) is 3.48. The molecule has 0 unspecified atom stereocenters. The van der Waals surface area contributed by atoms with Gasteiger partial charge in [0.05, 0.1) is 11.3 Å². The molecule has 0 aliphatic carbocycles. The molecule has 0 spiro atoms. The molecule has 0 radical (unpaired) electrons. The van der Waals surface area contributed by atoms with Crippen LogP contribution in [0.25, 0.3) is 0 Å². The van der Waals surface area contributed by atoms with Crippen molar-refractivity contribution < 1.29 is 14.4 Å². The molecule has 3 aromatic rings. The third-order valence-electron chi connectivity index (χ3n) is 4.87. The zero-order valence-corrected chi connectivity index (χ0v) is 14.5. The van der Waals surface area contributed by atoms with Crippen LogP contribution >= 0.6 is 0 Å². The number of rotatable bonds is 3.